The van der Waals surface area contributed by atoms with Gasteiger partial charge in [0.15, 0.2) is 0 Å². The molecule has 0 saturated carbocycles. The zero-order valence-corrected chi connectivity index (χ0v) is 11.6. The monoisotopic (exact) mass is 298 g/mol. The second-order valence-corrected chi connectivity index (χ2v) is 5.55. The summed E-state index contributed by atoms with van der Waals surface area (Å²) in [6, 6.07) is 8.65. The van der Waals surface area contributed by atoms with Crippen molar-refractivity contribution in [1.82, 2.24) is 5.43 Å². The number of ether oxygens (including phenoxy) is 1. The molecule has 1 saturated heterocycles. The molecule has 0 spiro atoms. The molecule has 94 valence electrons. The predicted molar refractivity (Wildman–Crippen MR) is 72.5 cm³/mol. The largest absolute Gasteiger partial charge is 0.378 e. The molecule has 1 aliphatic rings. The molecule has 4 heteroatoms. The number of benzene rings is 1. The number of rotatable bonds is 4. The minimum Gasteiger partial charge on any atom is -0.378 e. The molecule has 3 atom stereocenters. The zero-order valence-electron chi connectivity index (χ0n) is 10.0. The second kappa shape index (κ2) is 5.96. The van der Waals surface area contributed by atoms with Crippen molar-refractivity contribution in [2.45, 2.75) is 31.9 Å². The minimum atomic E-state index is 0.279. The van der Waals surface area contributed by atoms with E-state index in [1.165, 1.54) is 5.56 Å². The van der Waals surface area contributed by atoms with Crippen molar-refractivity contribution in [3.8, 4) is 0 Å². The molecule has 3 unspecified atom stereocenters. The van der Waals surface area contributed by atoms with Gasteiger partial charge in [-0.3, -0.25) is 11.3 Å². The Hall–Kier alpha value is -0.420. The first-order chi connectivity index (χ1) is 8.20. The standard InChI is InChI=1S/C13H19BrN2O/c1-9-12(5-6-17-9)13(16-15)8-10-3-2-4-11(14)7-10/h2-4,7,9,12-13,16H,5-6,8,15H2,1H3. The van der Waals surface area contributed by atoms with Crippen LogP contribution in [0.2, 0.25) is 0 Å². The van der Waals surface area contributed by atoms with E-state index in [2.05, 4.69) is 46.5 Å². The number of hydrogen-bond acceptors (Lipinski definition) is 3. The maximum atomic E-state index is 5.68. The molecule has 0 aromatic heterocycles. The van der Waals surface area contributed by atoms with Crippen LogP contribution in [-0.4, -0.2) is 18.8 Å². The summed E-state index contributed by atoms with van der Waals surface area (Å²) in [7, 11) is 0. The van der Waals surface area contributed by atoms with E-state index in [0.29, 0.717) is 12.0 Å². The molecule has 1 aromatic rings. The summed E-state index contributed by atoms with van der Waals surface area (Å²) < 4.78 is 6.72. The maximum absolute atomic E-state index is 5.68. The molecule has 0 amide bonds. The molecule has 2 rings (SSSR count). The predicted octanol–water partition coefficient (Wildman–Crippen LogP) is 2.25. The van der Waals surface area contributed by atoms with Crippen LogP contribution in [0.4, 0.5) is 0 Å². The molecule has 3 N–H and O–H groups in total. The van der Waals surface area contributed by atoms with Gasteiger partial charge in [0.05, 0.1) is 6.10 Å². The minimum absolute atomic E-state index is 0.279. The van der Waals surface area contributed by atoms with E-state index < -0.39 is 0 Å². The highest BCUT2D eigenvalue weighted by atomic mass is 79.9. The van der Waals surface area contributed by atoms with Crippen LogP contribution < -0.4 is 11.3 Å². The van der Waals surface area contributed by atoms with Crippen LogP contribution in [-0.2, 0) is 11.2 Å². The lowest BCUT2D eigenvalue weighted by atomic mass is 9.89. The van der Waals surface area contributed by atoms with E-state index in [4.69, 9.17) is 10.6 Å². The quantitative estimate of drug-likeness (QED) is 0.662. The lowest BCUT2D eigenvalue weighted by Gasteiger charge is -2.25. The van der Waals surface area contributed by atoms with E-state index >= 15 is 0 Å². The van der Waals surface area contributed by atoms with E-state index in [1.807, 2.05) is 6.07 Å². The number of hydrogen-bond donors (Lipinski definition) is 2. The van der Waals surface area contributed by atoms with Crippen LogP contribution in [0.3, 0.4) is 0 Å². The summed E-state index contributed by atoms with van der Waals surface area (Å²) in [4.78, 5) is 0. The topological polar surface area (TPSA) is 47.3 Å². The van der Waals surface area contributed by atoms with Gasteiger partial charge in [0.25, 0.3) is 0 Å². The molecule has 1 heterocycles. The molecule has 1 fully saturated rings. The van der Waals surface area contributed by atoms with Crippen LogP contribution in [0, 0.1) is 5.92 Å². The Kier molecular flexibility index (Phi) is 4.56. The van der Waals surface area contributed by atoms with E-state index in [9.17, 15) is 0 Å². The Morgan fingerprint density at radius 1 is 1.59 bits per heavy atom. The molecule has 1 aromatic carbocycles. The van der Waals surface area contributed by atoms with Crippen molar-refractivity contribution in [2.24, 2.45) is 11.8 Å². The number of nitrogens with one attached hydrogen (secondary N) is 1. The van der Waals surface area contributed by atoms with Gasteiger partial charge in [-0.2, -0.15) is 0 Å². The van der Waals surface area contributed by atoms with Gasteiger partial charge in [0.2, 0.25) is 0 Å². The molecule has 0 radical (unpaired) electrons. The maximum Gasteiger partial charge on any atom is 0.0591 e. The van der Waals surface area contributed by atoms with Crippen molar-refractivity contribution in [1.29, 1.82) is 0 Å². The fraction of sp³-hybridized carbons (Fsp3) is 0.538. The van der Waals surface area contributed by atoms with Crippen molar-refractivity contribution in [3.05, 3.63) is 34.3 Å². The Labute approximate surface area is 111 Å². The number of nitrogens with two attached hydrogens (primary N) is 1. The summed E-state index contributed by atoms with van der Waals surface area (Å²) in [5, 5.41) is 0. The van der Waals surface area contributed by atoms with Gasteiger partial charge in [-0.05, 0) is 37.5 Å². The fourth-order valence-electron chi connectivity index (χ4n) is 2.53. The van der Waals surface area contributed by atoms with Crippen LogP contribution in [0.1, 0.15) is 18.9 Å². The summed E-state index contributed by atoms with van der Waals surface area (Å²) in [5.74, 6) is 6.18. The van der Waals surface area contributed by atoms with Gasteiger partial charge in [-0.15, -0.1) is 0 Å². The summed E-state index contributed by atoms with van der Waals surface area (Å²) in [6.45, 7) is 2.98. The zero-order chi connectivity index (χ0) is 12.3. The first-order valence-corrected chi connectivity index (χ1v) is 6.82. The average Bonchev–Trinajstić information content (AvgIpc) is 2.72. The average molecular weight is 299 g/mol. The van der Waals surface area contributed by atoms with Crippen LogP contribution >= 0.6 is 15.9 Å². The van der Waals surface area contributed by atoms with Crippen molar-refractivity contribution >= 4 is 15.9 Å². The van der Waals surface area contributed by atoms with Crippen molar-refractivity contribution < 1.29 is 4.74 Å². The molecule has 3 nitrogen and oxygen atoms in total. The lowest BCUT2D eigenvalue weighted by molar-refractivity contribution is 0.0954. The first kappa shape index (κ1) is 13.0. The number of hydrazine groups is 1. The van der Waals surface area contributed by atoms with Crippen molar-refractivity contribution in [3.63, 3.8) is 0 Å². The second-order valence-electron chi connectivity index (χ2n) is 4.64. The molecule has 17 heavy (non-hydrogen) atoms. The van der Waals surface area contributed by atoms with E-state index in [1.54, 1.807) is 0 Å². The van der Waals surface area contributed by atoms with Crippen LogP contribution in [0.15, 0.2) is 28.7 Å². The molecule has 0 aliphatic carbocycles. The Balaban J connectivity index is 2.04. The van der Waals surface area contributed by atoms with E-state index in [0.717, 1.165) is 23.9 Å². The van der Waals surface area contributed by atoms with Gasteiger partial charge in [-0.25, -0.2) is 0 Å². The Morgan fingerprint density at radius 2 is 2.41 bits per heavy atom. The third kappa shape index (κ3) is 3.28. The molecule has 0 bridgehead atoms. The highest BCUT2D eigenvalue weighted by Gasteiger charge is 2.31. The fourth-order valence-corrected chi connectivity index (χ4v) is 2.98. The highest BCUT2D eigenvalue weighted by Crippen LogP contribution is 2.26. The SMILES string of the molecule is CC1OCCC1C(Cc1cccc(Br)c1)NN. The molecular weight excluding hydrogens is 280 g/mol. The van der Waals surface area contributed by atoms with Crippen LogP contribution in [0.25, 0.3) is 0 Å². The summed E-state index contributed by atoms with van der Waals surface area (Å²) in [5.41, 5.74) is 4.24. The van der Waals surface area contributed by atoms with Crippen LogP contribution in [0.5, 0.6) is 0 Å². The normalized spacial score (nSPS) is 26.1. The van der Waals surface area contributed by atoms with Crippen molar-refractivity contribution in [2.75, 3.05) is 6.61 Å². The third-order valence-electron chi connectivity index (χ3n) is 3.51. The van der Waals surface area contributed by atoms with Gasteiger partial charge in [0.1, 0.15) is 0 Å². The van der Waals surface area contributed by atoms with Gasteiger partial charge in [0, 0.05) is 23.0 Å². The third-order valence-corrected chi connectivity index (χ3v) is 4.00. The van der Waals surface area contributed by atoms with Gasteiger partial charge in [-0.1, -0.05) is 28.1 Å². The number of halogens is 1. The lowest BCUT2D eigenvalue weighted by Crippen LogP contribution is -2.44. The smallest absolute Gasteiger partial charge is 0.0591 e. The molecular formula is C13H19BrN2O. The summed E-state index contributed by atoms with van der Waals surface area (Å²) >= 11 is 3.49. The van der Waals surface area contributed by atoms with Gasteiger partial charge >= 0.3 is 0 Å². The Morgan fingerprint density at radius 3 is 3.00 bits per heavy atom. The molecule has 1 aliphatic heterocycles. The summed E-state index contributed by atoms with van der Waals surface area (Å²) in [6.07, 6.45) is 2.32. The first-order valence-electron chi connectivity index (χ1n) is 6.03. The highest BCUT2D eigenvalue weighted by molar-refractivity contribution is 9.10. The van der Waals surface area contributed by atoms with E-state index in [-0.39, 0.29) is 6.04 Å². The Bertz CT molecular complexity index is 372. The van der Waals surface area contributed by atoms with Gasteiger partial charge < -0.3 is 4.74 Å².